The molecule has 1 amide bonds. The third-order valence-corrected chi connectivity index (χ3v) is 9.95. The van der Waals surface area contributed by atoms with E-state index >= 15 is 0 Å². The molecule has 4 aromatic rings. The van der Waals surface area contributed by atoms with Crippen LogP contribution in [-0.4, -0.2) is 52.0 Å². The van der Waals surface area contributed by atoms with Crippen LogP contribution < -0.4 is 9.64 Å². The van der Waals surface area contributed by atoms with Gasteiger partial charge in [0.25, 0.3) is 5.91 Å². The van der Waals surface area contributed by atoms with Crippen molar-refractivity contribution >= 4 is 21.4 Å². The highest BCUT2D eigenvalue weighted by atomic mass is 32.2. The molecular weight excluding hydrogens is 568 g/mol. The predicted molar refractivity (Wildman–Crippen MR) is 177 cm³/mol. The lowest BCUT2D eigenvalue weighted by molar-refractivity contribution is 0.0745. The van der Waals surface area contributed by atoms with Crippen molar-refractivity contribution in [2.75, 3.05) is 37.7 Å². The van der Waals surface area contributed by atoms with Crippen molar-refractivity contribution in [3.8, 4) is 5.75 Å². The number of rotatable bonds is 12. The van der Waals surface area contributed by atoms with Gasteiger partial charge in [-0.25, -0.2) is 8.42 Å². The Kier molecular flexibility index (Phi) is 10.4. The minimum absolute atomic E-state index is 0.0940. The Balaban J connectivity index is 1.21. The van der Waals surface area contributed by atoms with E-state index in [1.807, 2.05) is 72.5 Å². The van der Waals surface area contributed by atoms with Gasteiger partial charge in [0.2, 0.25) is 0 Å². The van der Waals surface area contributed by atoms with Gasteiger partial charge in [-0.1, -0.05) is 86.1 Å². The van der Waals surface area contributed by atoms with Crippen molar-refractivity contribution in [2.45, 2.75) is 50.2 Å². The van der Waals surface area contributed by atoms with E-state index in [0.29, 0.717) is 38.3 Å². The number of unbranched alkanes of at least 4 members (excludes halogenated alkanes) is 1. The summed E-state index contributed by atoms with van der Waals surface area (Å²) in [4.78, 5) is 17.9. The van der Waals surface area contributed by atoms with Crippen LogP contribution in [0.25, 0.3) is 0 Å². The van der Waals surface area contributed by atoms with Crippen LogP contribution in [0.1, 0.15) is 52.4 Å². The molecule has 0 atom stereocenters. The smallest absolute Gasteiger partial charge is 0.254 e. The number of sulfone groups is 1. The SMILES string of the molecule is CCCCc1ccc(CS(=O)(=O)c2ccc(C)c(C(=O)N3CCN(c4ccccc4OCCc4ccccc4)CC3)c2)cc1. The Morgan fingerprint density at radius 2 is 1.43 bits per heavy atom. The van der Waals surface area contributed by atoms with Crippen LogP contribution in [0.5, 0.6) is 5.75 Å². The highest BCUT2D eigenvalue weighted by Gasteiger charge is 2.26. The quantitative estimate of drug-likeness (QED) is 0.175. The van der Waals surface area contributed by atoms with E-state index in [-0.39, 0.29) is 16.6 Å². The average molecular weight is 611 g/mol. The van der Waals surface area contributed by atoms with Crippen molar-refractivity contribution in [3.05, 3.63) is 125 Å². The number of aryl methyl sites for hydroxylation is 2. The van der Waals surface area contributed by atoms with Crippen LogP contribution in [0.15, 0.2) is 102 Å². The summed E-state index contributed by atoms with van der Waals surface area (Å²) in [6.07, 6.45) is 4.07. The molecule has 0 N–H and O–H groups in total. The fourth-order valence-corrected chi connectivity index (χ4v) is 6.97. The van der Waals surface area contributed by atoms with Gasteiger partial charge in [-0.15, -0.1) is 0 Å². The van der Waals surface area contributed by atoms with Crippen LogP contribution in [0, 0.1) is 6.92 Å². The van der Waals surface area contributed by atoms with Crippen molar-refractivity contribution in [1.29, 1.82) is 0 Å². The van der Waals surface area contributed by atoms with Crippen LogP contribution >= 0.6 is 0 Å². The fourth-order valence-electron chi connectivity index (χ4n) is 5.60. The number of amides is 1. The van der Waals surface area contributed by atoms with Gasteiger partial charge in [0, 0.05) is 38.2 Å². The maximum Gasteiger partial charge on any atom is 0.254 e. The standard InChI is InChI=1S/C37H42N2O4S/c1-3-4-10-31-16-18-32(19-17-31)28-44(41,42)33-20-15-29(2)34(27-33)37(40)39-24-22-38(23-25-39)35-13-8-9-14-36(35)43-26-21-30-11-6-5-7-12-30/h5-9,11-20,27H,3-4,10,21-26,28H2,1-2H3. The lowest BCUT2D eigenvalue weighted by Gasteiger charge is -2.37. The molecule has 0 unspecified atom stereocenters. The predicted octanol–water partition coefficient (Wildman–Crippen LogP) is 6.90. The van der Waals surface area contributed by atoms with Crippen LogP contribution in [0.4, 0.5) is 5.69 Å². The summed E-state index contributed by atoms with van der Waals surface area (Å²) in [6.45, 7) is 7.01. The first-order valence-corrected chi connectivity index (χ1v) is 17.2. The second-order valence-corrected chi connectivity index (χ2v) is 13.5. The molecule has 0 radical (unpaired) electrons. The Morgan fingerprint density at radius 1 is 0.773 bits per heavy atom. The van der Waals surface area contributed by atoms with E-state index in [9.17, 15) is 13.2 Å². The molecule has 5 rings (SSSR count). The molecule has 6 nitrogen and oxygen atoms in total. The summed E-state index contributed by atoms with van der Waals surface area (Å²) in [5.41, 5.74) is 5.44. The number of hydrogen-bond donors (Lipinski definition) is 0. The molecule has 4 aromatic carbocycles. The number of carbonyl (C=O) groups excluding carboxylic acids is 1. The van der Waals surface area contributed by atoms with Crippen molar-refractivity contribution in [1.82, 2.24) is 4.90 Å². The maximum atomic E-state index is 13.7. The first-order valence-electron chi connectivity index (χ1n) is 15.6. The average Bonchev–Trinajstić information content (AvgIpc) is 3.05. The monoisotopic (exact) mass is 610 g/mol. The van der Waals surface area contributed by atoms with Crippen LogP contribution in [-0.2, 0) is 28.4 Å². The van der Waals surface area contributed by atoms with E-state index in [4.69, 9.17) is 4.74 Å². The number of para-hydroxylation sites is 2. The van der Waals surface area contributed by atoms with E-state index < -0.39 is 9.84 Å². The fraction of sp³-hybridized carbons (Fsp3) is 0.324. The molecule has 1 aliphatic heterocycles. The van der Waals surface area contributed by atoms with Crippen LogP contribution in [0.3, 0.4) is 0 Å². The number of ether oxygens (including phenoxy) is 1. The lowest BCUT2D eigenvalue weighted by Crippen LogP contribution is -2.49. The van der Waals surface area contributed by atoms with Gasteiger partial charge in [-0.3, -0.25) is 4.79 Å². The van der Waals surface area contributed by atoms with Gasteiger partial charge in [-0.05, 0) is 66.3 Å². The molecule has 1 heterocycles. The molecule has 230 valence electrons. The van der Waals surface area contributed by atoms with Gasteiger partial charge in [0.1, 0.15) is 5.75 Å². The summed E-state index contributed by atoms with van der Waals surface area (Å²) in [7, 11) is -3.61. The number of anilines is 1. The Bertz CT molecular complexity index is 1640. The minimum atomic E-state index is -3.61. The molecule has 0 aliphatic carbocycles. The van der Waals surface area contributed by atoms with E-state index in [0.717, 1.165) is 48.2 Å². The van der Waals surface area contributed by atoms with Gasteiger partial charge in [0.05, 0.1) is 22.9 Å². The molecule has 7 heteroatoms. The number of hydrogen-bond acceptors (Lipinski definition) is 5. The summed E-state index contributed by atoms with van der Waals surface area (Å²) < 4.78 is 32.9. The van der Waals surface area contributed by atoms with Gasteiger partial charge in [0.15, 0.2) is 9.84 Å². The van der Waals surface area contributed by atoms with E-state index in [1.165, 1.54) is 11.1 Å². The molecule has 0 bridgehead atoms. The Morgan fingerprint density at radius 3 is 2.16 bits per heavy atom. The summed E-state index contributed by atoms with van der Waals surface area (Å²) in [5, 5.41) is 0. The summed E-state index contributed by atoms with van der Waals surface area (Å²) in [5.74, 6) is 0.614. The van der Waals surface area contributed by atoms with Gasteiger partial charge in [-0.2, -0.15) is 0 Å². The second kappa shape index (κ2) is 14.6. The molecule has 1 saturated heterocycles. The normalized spacial score (nSPS) is 13.6. The first-order chi connectivity index (χ1) is 21.3. The van der Waals surface area contributed by atoms with Gasteiger partial charge >= 0.3 is 0 Å². The zero-order valence-corrected chi connectivity index (χ0v) is 26.6. The Hall–Kier alpha value is -4.10. The maximum absolute atomic E-state index is 13.7. The van der Waals surface area contributed by atoms with Crippen molar-refractivity contribution in [3.63, 3.8) is 0 Å². The molecule has 0 saturated carbocycles. The second-order valence-electron chi connectivity index (χ2n) is 11.5. The largest absolute Gasteiger partial charge is 0.491 e. The summed E-state index contributed by atoms with van der Waals surface area (Å²) >= 11 is 0. The molecule has 0 aromatic heterocycles. The topological polar surface area (TPSA) is 66.9 Å². The zero-order chi connectivity index (χ0) is 30.9. The number of benzene rings is 4. The van der Waals surface area contributed by atoms with E-state index in [2.05, 4.69) is 30.0 Å². The lowest BCUT2D eigenvalue weighted by atomic mass is 10.1. The highest BCUT2D eigenvalue weighted by molar-refractivity contribution is 7.90. The van der Waals surface area contributed by atoms with Crippen molar-refractivity contribution < 1.29 is 17.9 Å². The van der Waals surface area contributed by atoms with Gasteiger partial charge < -0.3 is 14.5 Å². The number of piperazine rings is 1. The third kappa shape index (κ3) is 7.88. The molecule has 1 fully saturated rings. The minimum Gasteiger partial charge on any atom is -0.491 e. The highest BCUT2D eigenvalue weighted by Crippen LogP contribution is 2.30. The molecular formula is C37H42N2O4S. The molecule has 0 spiro atoms. The van der Waals surface area contributed by atoms with E-state index in [1.54, 1.807) is 18.2 Å². The van der Waals surface area contributed by atoms with Crippen molar-refractivity contribution in [2.24, 2.45) is 0 Å². The first kappa shape index (κ1) is 31.3. The molecule has 44 heavy (non-hydrogen) atoms. The Labute approximate surface area is 262 Å². The summed E-state index contributed by atoms with van der Waals surface area (Å²) in [6, 6.07) is 31.1. The number of carbonyl (C=O) groups is 1. The third-order valence-electron chi connectivity index (χ3n) is 8.26. The molecule has 1 aliphatic rings. The van der Waals surface area contributed by atoms with Crippen LogP contribution in [0.2, 0.25) is 0 Å². The zero-order valence-electron chi connectivity index (χ0n) is 25.7. The number of nitrogens with zero attached hydrogens (tertiary/aromatic N) is 2.